The highest BCUT2D eigenvalue weighted by atomic mass is 19.4. The smallest absolute Gasteiger partial charge is 0.317 e. The number of pyridine rings is 1. The number of Topliss-reactive ketones (excluding diaryl/α,β-unsaturated/α-hetero) is 1. The summed E-state index contributed by atoms with van der Waals surface area (Å²) in [7, 11) is 1.88. The fourth-order valence-electron chi connectivity index (χ4n) is 4.05. The second kappa shape index (κ2) is 8.74. The van der Waals surface area contributed by atoms with Crippen LogP contribution in [0.4, 0.5) is 13.2 Å². The van der Waals surface area contributed by atoms with Gasteiger partial charge < -0.3 is 9.47 Å². The van der Waals surface area contributed by atoms with Crippen molar-refractivity contribution in [1.82, 2.24) is 24.6 Å². The normalized spacial score (nSPS) is 16.1. The average molecular weight is 431 g/mol. The summed E-state index contributed by atoms with van der Waals surface area (Å²) in [6.45, 7) is 1.06. The van der Waals surface area contributed by atoms with Crippen LogP contribution >= 0.6 is 0 Å². The molecule has 1 saturated heterocycles. The molecule has 0 amide bonds. The molecule has 0 bridgehead atoms. The molecular weight excluding hydrogens is 407 g/mol. The van der Waals surface area contributed by atoms with E-state index in [-0.39, 0.29) is 24.7 Å². The Labute approximate surface area is 178 Å². The van der Waals surface area contributed by atoms with E-state index < -0.39 is 12.6 Å². The lowest BCUT2D eigenvalue weighted by atomic mass is 9.90. The molecule has 0 N–H and O–H groups in total. The lowest BCUT2D eigenvalue weighted by molar-refractivity contribution is -0.139. The molecule has 1 aliphatic rings. The number of ketones is 1. The van der Waals surface area contributed by atoms with Gasteiger partial charge in [-0.3, -0.25) is 9.78 Å². The molecule has 3 heterocycles. The van der Waals surface area contributed by atoms with E-state index in [1.165, 1.54) is 0 Å². The van der Waals surface area contributed by atoms with Crippen molar-refractivity contribution >= 4 is 16.6 Å². The number of benzene rings is 1. The molecule has 4 rings (SSSR count). The van der Waals surface area contributed by atoms with E-state index >= 15 is 0 Å². The molecule has 1 aliphatic heterocycles. The monoisotopic (exact) mass is 431 g/mol. The summed E-state index contributed by atoms with van der Waals surface area (Å²) in [5.41, 5.74) is 1.63. The van der Waals surface area contributed by atoms with Gasteiger partial charge in [-0.05, 0) is 43.5 Å². The van der Waals surface area contributed by atoms with Crippen molar-refractivity contribution in [2.75, 3.05) is 19.6 Å². The number of carbonyl (C=O) groups excluding carboxylic acids is 1. The number of carbonyl (C=O) groups is 1. The Morgan fingerprint density at radius 1 is 1.16 bits per heavy atom. The van der Waals surface area contributed by atoms with Crippen molar-refractivity contribution in [3.8, 4) is 11.4 Å². The van der Waals surface area contributed by atoms with Crippen molar-refractivity contribution in [2.24, 2.45) is 13.0 Å². The van der Waals surface area contributed by atoms with E-state index in [0.29, 0.717) is 31.6 Å². The standard InChI is InChI=1S/C22H24F3N5O/c1-29-14-27-28-21(29)16-2-3-17-13-26-19(11-18(17)10-16)12-20(31)15-4-7-30(8-5-15)9-6-22(23,24)25/h2-3,10-11,13-15H,4-9,12H2,1H3. The molecule has 0 atom stereocenters. The third kappa shape index (κ3) is 5.28. The largest absolute Gasteiger partial charge is 0.390 e. The van der Waals surface area contributed by atoms with Crippen LogP contribution in [0.2, 0.25) is 0 Å². The molecule has 0 unspecified atom stereocenters. The Morgan fingerprint density at radius 2 is 1.94 bits per heavy atom. The first-order valence-electron chi connectivity index (χ1n) is 10.3. The summed E-state index contributed by atoms with van der Waals surface area (Å²) in [6.07, 6.45) is -0.106. The van der Waals surface area contributed by atoms with Crippen molar-refractivity contribution in [1.29, 1.82) is 0 Å². The van der Waals surface area contributed by atoms with Crippen molar-refractivity contribution in [2.45, 2.75) is 31.9 Å². The Kier molecular flexibility index (Phi) is 6.04. The van der Waals surface area contributed by atoms with Crippen LogP contribution in [0, 0.1) is 5.92 Å². The number of hydrogen-bond acceptors (Lipinski definition) is 5. The highest BCUT2D eigenvalue weighted by Gasteiger charge is 2.30. The zero-order valence-corrected chi connectivity index (χ0v) is 17.3. The van der Waals surface area contributed by atoms with Crippen LogP contribution < -0.4 is 0 Å². The number of aryl methyl sites for hydroxylation is 1. The minimum absolute atomic E-state index is 0.00446. The van der Waals surface area contributed by atoms with Gasteiger partial charge in [-0.2, -0.15) is 13.2 Å². The van der Waals surface area contributed by atoms with Crippen LogP contribution in [-0.2, 0) is 18.3 Å². The predicted molar refractivity (Wildman–Crippen MR) is 110 cm³/mol. The fourth-order valence-corrected chi connectivity index (χ4v) is 4.05. The first kappa shape index (κ1) is 21.4. The number of likely N-dealkylation sites (tertiary alicyclic amines) is 1. The molecule has 1 aromatic carbocycles. The summed E-state index contributed by atoms with van der Waals surface area (Å²) < 4.78 is 39.0. The molecule has 0 radical (unpaired) electrons. The molecule has 31 heavy (non-hydrogen) atoms. The second-order valence-corrected chi connectivity index (χ2v) is 8.13. The first-order valence-corrected chi connectivity index (χ1v) is 10.3. The number of aromatic nitrogens is 4. The zero-order chi connectivity index (χ0) is 22.0. The van der Waals surface area contributed by atoms with E-state index in [9.17, 15) is 18.0 Å². The molecule has 0 saturated carbocycles. The van der Waals surface area contributed by atoms with Crippen LogP contribution in [0.25, 0.3) is 22.2 Å². The molecule has 6 nitrogen and oxygen atoms in total. The average Bonchev–Trinajstić information content (AvgIpc) is 3.17. The highest BCUT2D eigenvalue weighted by Crippen LogP contribution is 2.25. The number of fused-ring (bicyclic) bond motifs is 1. The maximum atomic E-state index is 12.8. The van der Waals surface area contributed by atoms with E-state index in [0.717, 1.165) is 22.2 Å². The zero-order valence-electron chi connectivity index (χ0n) is 17.3. The van der Waals surface area contributed by atoms with Crippen LogP contribution in [0.3, 0.4) is 0 Å². The van der Waals surface area contributed by atoms with E-state index in [1.54, 1.807) is 17.4 Å². The third-order valence-electron chi connectivity index (χ3n) is 5.86. The second-order valence-electron chi connectivity index (χ2n) is 8.13. The number of piperidine rings is 1. The molecule has 164 valence electrons. The topological polar surface area (TPSA) is 63.9 Å². The molecule has 1 fully saturated rings. The summed E-state index contributed by atoms with van der Waals surface area (Å²) >= 11 is 0. The van der Waals surface area contributed by atoms with Gasteiger partial charge in [0.05, 0.1) is 6.42 Å². The Balaban J connectivity index is 1.39. The van der Waals surface area contributed by atoms with Gasteiger partial charge in [0.1, 0.15) is 12.1 Å². The minimum atomic E-state index is -4.14. The van der Waals surface area contributed by atoms with Gasteiger partial charge in [0.15, 0.2) is 5.82 Å². The quantitative estimate of drug-likeness (QED) is 0.594. The van der Waals surface area contributed by atoms with Crippen LogP contribution in [0.1, 0.15) is 25.0 Å². The number of alkyl halides is 3. The van der Waals surface area contributed by atoms with Crippen molar-refractivity contribution in [3.05, 3.63) is 42.5 Å². The van der Waals surface area contributed by atoms with Gasteiger partial charge in [-0.1, -0.05) is 12.1 Å². The van der Waals surface area contributed by atoms with Crippen LogP contribution in [-0.4, -0.2) is 56.2 Å². The summed E-state index contributed by atoms with van der Waals surface area (Å²) in [5.74, 6) is 0.741. The SMILES string of the molecule is Cn1cnnc1-c1ccc2cnc(CC(=O)C3CCN(CCC(F)(F)F)CC3)cc2c1. The van der Waals surface area contributed by atoms with Gasteiger partial charge in [-0.15, -0.1) is 10.2 Å². The molecule has 9 heteroatoms. The minimum Gasteiger partial charge on any atom is -0.317 e. The van der Waals surface area contributed by atoms with Gasteiger partial charge in [-0.25, -0.2) is 0 Å². The Hall–Kier alpha value is -2.81. The Bertz CT molecular complexity index is 1070. The number of halogens is 3. The van der Waals surface area contributed by atoms with E-state index in [4.69, 9.17) is 0 Å². The molecule has 0 aliphatic carbocycles. The van der Waals surface area contributed by atoms with Crippen LogP contribution in [0.5, 0.6) is 0 Å². The molecule has 0 spiro atoms. The summed E-state index contributed by atoms with van der Waals surface area (Å²) in [5, 5.41) is 9.99. The molecule has 2 aromatic heterocycles. The highest BCUT2D eigenvalue weighted by molar-refractivity contribution is 5.88. The van der Waals surface area contributed by atoms with Gasteiger partial charge in [0.25, 0.3) is 0 Å². The number of hydrogen-bond donors (Lipinski definition) is 0. The first-order chi connectivity index (χ1) is 14.8. The van der Waals surface area contributed by atoms with Crippen LogP contribution in [0.15, 0.2) is 36.8 Å². The summed E-state index contributed by atoms with van der Waals surface area (Å²) in [4.78, 5) is 19.0. The van der Waals surface area contributed by atoms with E-state index in [2.05, 4.69) is 15.2 Å². The lowest BCUT2D eigenvalue weighted by Gasteiger charge is -2.31. The lowest BCUT2D eigenvalue weighted by Crippen LogP contribution is -2.38. The maximum Gasteiger partial charge on any atom is 0.390 e. The van der Waals surface area contributed by atoms with E-state index in [1.807, 2.05) is 35.9 Å². The maximum absolute atomic E-state index is 12.8. The molecule has 3 aromatic rings. The number of nitrogens with zero attached hydrogens (tertiary/aromatic N) is 5. The Morgan fingerprint density at radius 3 is 2.61 bits per heavy atom. The van der Waals surface area contributed by atoms with Crippen molar-refractivity contribution < 1.29 is 18.0 Å². The van der Waals surface area contributed by atoms with Gasteiger partial charge in [0.2, 0.25) is 0 Å². The van der Waals surface area contributed by atoms with Gasteiger partial charge >= 0.3 is 6.18 Å². The summed E-state index contributed by atoms with van der Waals surface area (Å²) in [6, 6.07) is 7.86. The van der Waals surface area contributed by atoms with Gasteiger partial charge in [0, 0.05) is 48.8 Å². The number of rotatable bonds is 6. The van der Waals surface area contributed by atoms with Crippen molar-refractivity contribution in [3.63, 3.8) is 0 Å². The molecular formula is C22H24F3N5O. The predicted octanol–water partition coefficient (Wildman–Crippen LogP) is 3.81. The fraction of sp³-hybridized carbons (Fsp3) is 0.455. The third-order valence-corrected chi connectivity index (χ3v) is 5.86.